The Morgan fingerprint density at radius 1 is 1.47 bits per heavy atom. The molecule has 0 amide bonds. The molecule has 2 rings (SSSR count). The summed E-state index contributed by atoms with van der Waals surface area (Å²) in [6.45, 7) is 3.85. The van der Waals surface area contributed by atoms with Gasteiger partial charge in [-0.2, -0.15) is 0 Å². The monoisotopic (exact) mass is 235 g/mol. The molecular formula is C13H21N3O. The standard InChI is InChI=1S/C13H21N3O/c1-10(17)11-4-5-13(14-8-11)16-7-6-12(9-16)15(2)3/h4-5,8,10,12,17H,6-7,9H2,1-3H3/t10-,12?/m1/s1. The molecule has 4 nitrogen and oxygen atoms in total. The Hall–Kier alpha value is -1.13. The highest BCUT2D eigenvalue weighted by molar-refractivity contribution is 5.41. The third-order valence-electron chi connectivity index (χ3n) is 3.47. The van der Waals surface area contributed by atoms with Gasteiger partial charge in [0.2, 0.25) is 0 Å². The molecule has 94 valence electrons. The van der Waals surface area contributed by atoms with E-state index in [0.717, 1.165) is 24.5 Å². The normalized spacial score (nSPS) is 22.2. The lowest BCUT2D eigenvalue weighted by molar-refractivity contribution is 0.199. The Balaban J connectivity index is 2.04. The SMILES string of the molecule is C[C@@H](O)c1ccc(N2CCC(N(C)C)C2)nc1. The quantitative estimate of drug-likeness (QED) is 0.856. The van der Waals surface area contributed by atoms with Crippen LogP contribution in [0.4, 0.5) is 5.82 Å². The maximum absolute atomic E-state index is 9.43. The number of hydrogen-bond donors (Lipinski definition) is 1. The average molecular weight is 235 g/mol. The van der Waals surface area contributed by atoms with Gasteiger partial charge in [-0.1, -0.05) is 6.07 Å². The second-order valence-corrected chi connectivity index (χ2v) is 4.98. The summed E-state index contributed by atoms with van der Waals surface area (Å²) in [7, 11) is 4.25. The summed E-state index contributed by atoms with van der Waals surface area (Å²) in [6.07, 6.45) is 2.51. The van der Waals surface area contributed by atoms with Crippen molar-refractivity contribution in [3.8, 4) is 0 Å². The van der Waals surface area contributed by atoms with Crippen LogP contribution in [0.15, 0.2) is 18.3 Å². The Morgan fingerprint density at radius 3 is 2.71 bits per heavy atom. The molecule has 0 spiro atoms. The first kappa shape index (κ1) is 12.3. The molecule has 0 aromatic carbocycles. The lowest BCUT2D eigenvalue weighted by Gasteiger charge is -2.21. The summed E-state index contributed by atoms with van der Waals surface area (Å²) in [4.78, 5) is 8.99. The zero-order valence-corrected chi connectivity index (χ0v) is 10.8. The van der Waals surface area contributed by atoms with Gasteiger partial charge in [-0.3, -0.25) is 0 Å². The van der Waals surface area contributed by atoms with E-state index in [4.69, 9.17) is 0 Å². The second-order valence-electron chi connectivity index (χ2n) is 4.98. The van der Waals surface area contributed by atoms with Crippen LogP contribution < -0.4 is 4.90 Å². The molecule has 2 heterocycles. The fraction of sp³-hybridized carbons (Fsp3) is 0.615. The van der Waals surface area contributed by atoms with E-state index in [-0.39, 0.29) is 0 Å². The molecular weight excluding hydrogens is 214 g/mol. The van der Waals surface area contributed by atoms with Gasteiger partial charge in [-0.25, -0.2) is 4.98 Å². The highest BCUT2D eigenvalue weighted by atomic mass is 16.3. The first-order valence-electron chi connectivity index (χ1n) is 6.13. The Labute approximate surface area is 103 Å². The topological polar surface area (TPSA) is 39.6 Å². The summed E-state index contributed by atoms with van der Waals surface area (Å²) in [6, 6.07) is 4.57. The van der Waals surface area contributed by atoms with Gasteiger partial charge >= 0.3 is 0 Å². The maximum atomic E-state index is 9.43. The van der Waals surface area contributed by atoms with E-state index in [1.807, 2.05) is 12.1 Å². The number of aliphatic hydroxyl groups is 1. The number of aromatic nitrogens is 1. The van der Waals surface area contributed by atoms with E-state index in [2.05, 4.69) is 28.9 Å². The molecule has 1 unspecified atom stereocenters. The van der Waals surface area contributed by atoms with Gasteiger partial charge in [0.25, 0.3) is 0 Å². The molecule has 17 heavy (non-hydrogen) atoms. The number of nitrogens with zero attached hydrogens (tertiary/aromatic N) is 3. The van der Waals surface area contributed by atoms with Crippen LogP contribution in [-0.2, 0) is 0 Å². The molecule has 0 aliphatic carbocycles. The molecule has 1 aromatic rings. The van der Waals surface area contributed by atoms with Gasteiger partial charge in [0.05, 0.1) is 6.10 Å². The molecule has 1 aromatic heterocycles. The first-order valence-corrected chi connectivity index (χ1v) is 6.13. The van der Waals surface area contributed by atoms with Crippen molar-refractivity contribution in [2.24, 2.45) is 0 Å². The summed E-state index contributed by atoms with van der Waals surface area (Å²) in [5.41, 5.74) is 0.872. The van der Waals surface area contributed by atoms with Crippen molar-refractivity contribution in [1.82, 2.24) is 9.88 Å². The van der Waals surface area contributed by atoms with Crippen LogP contribution in [0.2, 0.25) is 0 Å². The zero-order chi connectivity index (χ0) is 12.4. The summed E-state index contributed by atoms with van der Waals surface area (Å²) < 4.78 is 0. The molecule has 4 heteroatoms. The number of pyridine rings is 1. The molecule has 1 saturated heterocycles. The Morgan fingerprint density at radius 2 is 2.24 bits per heavy atom. The summed E-state index contributed by atoms with van der Waals surface area (Å²) in [5, 5.41) is 9.43. The molecule has 0 radical (unpaired) electrons. The fourth-order valence-corrected chi connectivity index (χ4v) is 2.20. The number of anilines is 1. The highest BCUT2D eigenvalue weighted by Crippen LogP contribution is 2.21. The average Bonchev–Trinajstić information content (AvgIpc) is 2.78. The molecule has 1 N–H and O–H groups in total. The number of aliphatic hydroxyl groups excluding tert-OH is 1. The van der Waals surface area contributed by atoms with E-state index in [9.17, 15) is 5.11 Å². The smallest absolute Gasteiger partial charge is 0.128 e. The van der Waals surface area contributed by atoms with Crippen molar-refractivity contribution in [2.75, 3.05) is 32.1 Å². The number of hydrogen-bond acceptors (Lipinski definition) is 4. The lowest BCUT2D eigenvalue weighted by Crippen LogP contribution is -2.31. The number of likely N-dealkylation sites (N-methyl/N-ethyl adjacent to an activating group) is 1. The van der Waals surface area contributed by atoms with Gasteiger partial charge in [-0.05, 0) is 39.1 Å². The Kier molecular flexibility index (Phi) is 3.64. The van der Waals surface area contributed by atoms with Crippen molar-refractivity contribution in [1.29, 1.82) is 0 Å². The second kappa shape index (κ2) is 5.02. The van der Waals surface area contributed by atoms with Crippen molar-refractivity contribution in [3.05, 3.63) is 23.9 Å². The minimum atomic E-state index is -0.440. The van der Waals surface area contributed by atoms with E-state index in [0.29, 0.717) is 6.04 Å². The van der Waals surface area contributed by atoms with Gasteiger partial charge in [0.15, 0.2) is 0 Å². The minimum absolute atomic E-state index is 0.440. The molecule has 0 bridgehead atoms. The molecule has 0 saturated carbocycles. The molecule has 2 atom stereocenters. The van der Waals surface area contributed by atoms with Crippen molar-refractivity contribution in [3.63, 3.8) is 0 Å². The summed E-state index contributed by atoms with van der Waals surface area (Å²) in [5.74, 6) is 1.01. The van der Waals surface area contributed by atoms with E-state index in [1.54, 1.807) is 13.1 Å². The van der Waals surface area contributed by atoms with Crippen LogP contribution >= 0.6 is 0 Å². The predicted octanol–water partition coefficient (Wildman–Crippen LogP) is 1.28. The van der Waals surface area contributed by atoms with Crippen LogP contribution in [0.1, 0.15) is 25.0 Å². The van der Waals surface area contributed by atoms with Crippen LogP contribution in [0.3, 0.4) is 0 Å². The molecule has 1 fully saturated rings. The third kappa shape index (κ3) is 2.76. The van der Waals surface area contributed by atoms with E-state index in [1.165, 1.54) is 6.42 Å². The van der Waals surface area contributed by atoms with Crippen LogP contribution in [0.5, 0.6) is 0 Å². The molecule has 1 aliphatic heterocycles. The molecule has 1 aliphatic rings. The number of rotatable bonds is 3. The van der Waals surface area contributed by atoms with Crippen LogP contribution in [-0.4, -0.2) is 48.2 Å². The van der Waals surface area contributed by atoms with Gasteiger partial charge < -0.3 is 14.9 Å². The summed E-state index contributed by atoms with van der Waals surface area (Å²) >= 11 is 0. The fourth-order valence-electron chi connectivity index (χ4n) is 2.20. The van der Waals surface area contributed by atoms with Crippen LogP contribution in [0, 0.1) is 0 Å². The Bertz CT molecular complexity index is 361. The van der Waals surface area contributed by atoms with E-state index >= 15 is 0 Å². The van der Waals surface area contributed by atoms with E-state index < -0.39 is 6.10 Å². The highest BCUT2D eigenvalue weighted by Gasteiger charge is 2.24. The largest absolute Gasteiger partial charge is 0.389 e. The zero-order valence-electron chi connectivity index (χ0n) is 10.8. The van der Waals surface area contributed by atoms with Gasteiger partial charge in [0.1, 0.15) is 5.82 Å². The first-order chi connectivity index (χ1) is 8.08. The van der Waals surface area contributed by atoms with Crippen molar-refractivity contribution < 1.29 is 5.11 Å². The van der Waals surface area contributed by atoms with Gasteiger partial charge in [0, 0.05) is 25.3 Å². The van der Waals surface area contributed by atoms with Crippen molar-refractivity contribution in [2.45, 2.75) is 25.5 Å². The third-order valence-corrected chi connectivity index (χ3v) is 3.47. The van der Waals surface area contributed by atoms with Crippen LogP contribution in [0.25, 0.3) is 0 Å². The maximum Gasteiger partial charge on any atom is 0.128 e. The van der Waals surface area contributed by atoms with Crippen molar-refractivity contribution >= 4 is 5.82 Å². The lowest BCUT2D eigenvalue weighted by atomic mass is 10.2. The minimum Gasteiger partial charge on any atom is -0.389 e. The van der Waals surface area contributed by atoms with Gasteiger partial charge in [-0.15, -0.1) is 0 Å². The predicted molar refractivity (Wildman–Crippen MR) is 69.2 cm³/mol.